The molecule has 104 valence electrons. The molecule has 0 spiro atoms. The molecule has 5 heteroatoms. The van der Waals surface area contributed by atoms with E-state index in [1.165, 1.54) is 0 Å². The lowest BCUT2D eigenvalue weighted by Gasteiger charge is -2.37. The number of likely N-dealkylation sites (N-methyl/N-ethyl adjacent to an activating group) is 1. The zero-order chi connectivity index (χ0) is 13.8. The number of halogens is 1. The number of rotatable bonds is 4. The van der Waals surface area contributed by atoms with Gasteiger partial charge in [0.2, 0.25) is 5.91 Å². The highest BCUT2D eigenvalue weighted by molar-refractivity contribution is 9.10. The van der Waals surface area contributed by atoms with Crippen LogP contribution in [0.25, 0.3) is 0 Å². The third kappa shape index (κ3) is 3.94. The third-order valence-corrected chi connectivity index (χ3v) is 3.92. The van der Waals surface area contributed by atoms with Crippen molar-refractivity contribution >= 4 is 21.8 Å². The highest BCUT2D eigenvalue weighted by Crippen LogP contribution is 2.16. The Hall–Kier alpha value is -1.07. The molecule has 1 heterocycles. The van der Waals surface area contributed by atoms with E-state index in [0.717, 1.165) is 23.3 Å². The fourth-order valence-corrected chi connectivity index (χ4v) is 2.44. The number of carbonyl (C=O) groups is 1. The average molecular weight is 327 g/mol. The highest BCUT2D eigenvalue weighted by atomic mass is 79.9. The molecule has 1 fully saturated rings. The van der Waals surface area contributed by atoms with E-state index in [9.17, 15) is 4.79 Å². The molecule has 1 aliphatic rings. The molecule has 0 bridgehead atoms. The molecule has 19 heavy (non-hydrogen) atoms. The van der Waals surface area contributed by atoms with Gasteiger partial charge in [0, 0.05) is 30.7 Å². The molecule has 0 saturated carbocycles. The number of nitrogens with zero attached hydrogens (tertiary/aromatic N) is 2. The molecule has 1 aromatic rings. The molecule has 1 aliphatic heterocycles. The van der Waals surface area contributed by atoms with Crippen LogP contribution in [0.1, 0.15) is 6.92 Å². The van der Waals surface area contributed by atoms with Crippen molar-refractivity contribution in [1.29, 1.82) is 0 Å². The average Bonchev–Trinajstić information content (AvgIpc) is 2.38. The minimum Gasteiger partial charge on any atom is -0.492 e. The van der Waals surface area contributed by atoms with Crippen LogP contribution in [0, 0.1) is 0 Å². The molecule has 1 atom stereocenters. The second kappa shape index (κ2) is 6.39. The van der Waals surface area contributed by atoms with E-state index in [-0.39, 0.29) is 5.91 Å². The monoisotopic (exact) mass is 326 g/mol. The Kier molecular flexibility index (Phi) is 4.82. The maximum Gasteiger partial charge on any atom is 0.236 e. The highest BCUT2D eigenvalue weighted by Gasteiger charge is 2.26. The van der Waals surface area contributed by atoms with Crippen molar-refractivity contribution in [3.05, 3.63) is 28.7 Å². The van der Waals surface area contributed by atoms with E-state index in [0.29, 0.717) is 19.2 Å². The molecule has 1 saturated heterocycles. The van der Waals surface area contributed by atoms with Gasteiger partial charge in [0.1, 0.15) is 12.4 Å². The number of piperazine rings is 1. The Labute approximate surface area is 122 Å². The Morgan fingerprint density at radius 2 is 2.05 bits per heavy atom. The quantitative estimate of drug-likeness (QED) is 0.848. The number of amides is 1. The van der Waals surface area contributed by atoms with E-state index in [2.05, 4.69) is 27.8 Å². The van der Waals surface area contributed by atoms with Crippen LogP contribution in [0.5, 0.6) is 5.75 Å². The second-order valence-corrected chi connectivity index (χ2v) is 5.81. The van der Waals surface area contributed by atoms with E-state index >= 15 is 0 Å². The van der Waals surface area contributed by atoms with Gasteiger partial charge in [0.25, 0.3) is 0 Å². The maximum atomic E-state index is 11.7. The van der Waals surface area contributed by atoms with Crippen molar-refractivity contribution in [2.45, 2.75) is 13.0 Å². The van der Waals surface area contributed by atoms with Gasteiger partial charge < -0.3 is 9.64 Å². The van der Waals surface area contributed by atoms with Gasteiger partial charge in [-0.3, -0.25) is 9.69 Å². The molecule has 0 aromatic heterocycles. The van der Waals surface area contributed by atoms with E-state index in [4.69, 9.17) is 4.74 Å². The third-order valence-electron chi connectivity index (χ3n) is 3.39. The van der Waals surface area contributed by atoms with Crippen LogP contribution in [-0.4, -0.2) is 55.0 Å². The van der Waals surface area contributed by atoms with E-state index < -0.39 is 0 Å². The summed E-state index contributed by atoms with van der Waals surface area (Å²) in [7, 11) is 1.86. The lowest BCUT2D eigenvalue weighted by molar-refractivity contribution is -0.136. The van der Waals surface area contributed by atoms with Gasteiger partial charge in [0.05, 0.1) is 6.54 Å². The summed E-state index contributed by atoms with van der Waals surface area (Å²) in [6, 6.07) is 8.16. The molecule has 0 N–H and O–H groups in total. The van der Waals surface area contributed by atoms with Crippen molar-refractivity contribution < 1.29 is 9.53 Å². The van der Waals surface area contributed by atoms with Crippen molar-refractivity contribution in [1.82, 2.24) is 9.80 Å². The fourth-order valence-electron chi connectivity index (χ4n) is 2.17. The van der Waals surface area contributed by atoms with Crippen LogP contribution >= 0.6 is 15.9 Å². The number of ether oxygens (including phenoxy) is 1. The standard InChI is InChI=1S/C14H19BrN2O2/c1-11-9-16(2)14(18)10-17(11)7-8-19-13-5-3-12(15)4-6-13/h3-6,11H,7-10H2,1-2H3/t11-/m0/s1. The van der Waals surface area contributed by atoms with Gasteiger partial charge in [0.15, 0.2) is 0 Å². The summed E-state index contributed by atoms with van der Waals surface area (Å²) in [4.78, 5) is 15.6. The first kappa shape index (κ1) is 14.3. The summed E-state index contributed by atoms with van der Waals surface area (Å²) in [6.07, 6.45) is 0. The Bertz CT molecular complexity index is 436. The molecule has 1 amide bonds. The zero-order valence-electron chi connectivity index (χ0n) is 11.3. The molecule has 0 radical (unpaired) electrons. The molecule has 0 unspecified atom stereocenters. The van der Waals surface area contributed by atoms with Crippen molar-refractivity contribution in [2.75, 3.05) is 33.3 Å². The maximum absolute atomic E-state index is 11.7. The van der Waals surface area contributed by atoms with Gasteiger partial charge in [-0.05, 0) is 31.2 Å². The van der Waals surface area contributed by atoms with Crippen molar-refractivity contribution in [3.8, 4) is 5.75 Å². The number of hydrogen-bond acceptors (Lipinski definition) is 3. The molecule has 4 nitrogen and oxygen atoms in total. The molecule has 2 rings (SSSR count). The molecule has 1 aromatic carbocycles. The first-order chi connectivity index (χ1) is 9.06. The SMILES string of the molecule is C[C@H]1CN(C)C(=O)CN1CCOc1ccc(Br)cc1. The summed E-state index contributed by atoms with van der Waals surface area (Å²) in [6.45, 7) is 4.79. The normalized spacial score (nSPS) is 20.7. The van der Waals surface area contributed by atoms with Crippen LogP contribution in [0.4, 0.5) is 0 Å². The van der Waals surface area contributed by atoms with Crippen molar-refractivity contribution in [2.24, 2.45) is 0 Å². The Morgan fingerprint density at radius 3 is 2.74 bits per heavy atom. The van der Waals surface area contributed by atoms with Gasteiger partial charge in [-0.15, -0.1) is 0 Å². The van der Waals surface area contributed by atoms with Crippen LogP contribution in [0.15, 0.2) is 28.7 Å². The van der Waals surface area contributed by atoms with Crippen LogP contribution in [-0.2, 0) is 4.79 Å². The summed E-state index contributed by atoms with van der Waals surface area (Å²) in [5.41, 5.74) is 0. The van der Waals surface area contributed by atoms with Crippen LogP contribution in [0.2, 0.25) is 0 Å². The smallest absolute Gasteiger partial charge is 0.236 e. The zero-order valence-corrected chi connectivity index (χ0v) is 12.9. The minimum absolute atomic E-state index is 0.182. The van der Waals surface area contributed by atoms with E-state index in [1.807, 2.05) is 31.3 Å². The van der Waals surface area contributed by atoms with Crippen molar-refractivity contribution in [3.63, 3.8) is 0 Å². The summed E-state index contributed by atoms with van der Waals surface area (Å²) in [5.74, 6) is 1.04. The minimum atomic E-state index is 0.182. The Balaban J connectivity index is 1.79. The molecule has 0 aliphatic carbocycles. The van der Waals surface area contributed by atoms with Crippen LogP contribution < -0.4 is 4.74 Å². The Morgan fingerprint density at radius 1 is 1.37 bits per heavy atom. The van der Waals surface area contributed by atoms with Gasteiger partial charge in [-0.2, -0.15) is 0 Å². The largest absolute Gasteiger partial charge is 0.492 e. The number of hydrogen-bond donors (Lipinski definition) is 0. The van der Waals surface area contributed by atoms with Gasteiger partial charge in [-0.25, -0.2) is 0 Å². The molecular weight excluding hydrogens is 308 g/mol. The van der Waals surface area contributed by atoms with Gasteiger partial charge >= 0.3 is 0 Å². The fraction of sp³-hybridized carbons (Fsp3) is 0.500. The first-order valence-corrected chi connectivity index (χ1v) is 7.22. The summed E-state index contributed by atoms with van der Waals surface area (Å²) < 4.78 is 6.73. The summed E-state index contributed by atoms with van der Waals surface area (Å²) >= 11 is 3.39. The topological polar surface area (TPSA) is 32.8 Å². The molecular formula is C14H19BrN2O2. The second-order valence-electron chi connectivity index (χ2n) is 4.90. The van der Waals surface area contributed by atoms with E-state index in [1.54, 1.807) is 4.90 Å². The summed E-state index contributed by atoms with van der Waals surface area (Å²) in [5, 5.41) is 0. The predicted octanol–water partition coefficient (Wildman–Crippen LogP) is 1.99. The van der Waals surface area contributed by atoms with Gasteiger partial charge in [-0.1, -0.05) is 15.9 Å². The number of benzene rings is 1. The number of carbonyl (C=O) groups excluding carboxylic acids is 1. The predicted molar refractivity (Wildman–Crippen MR) is 78.3 cm³/mol. The van der Waals surface area contributed by atoms with Crippen LogP contribution in [0.3, 0.4) is 0 Å². The lowest BCUT2D eigenvalue weighted by atomic mass is 10.2. The lowest BCUT2D eigenvalue weighted by Crippen LogP contribution is -2.54. The first-order valence-electron chi connectivity index (χ1n) is 6.42.